The van der Waals surface area contributed by atoms with Crippen molar-refractivity contribution < 1.29 is 0 Å². The average molecular weight is 268 g/mol. The minimum atomic E-state index is 0.0114. The first-order valence-electron chi connectivity index (χ1n) is 3.22. The Morgan fingerprint density at radius 1 is 1.40 bits per heavy atom. The Bertz CT molecular complexity index is 210. The van der Waals surface area contributed by atoms with Gasteiger partial charge in [0, 0.05) is 0 Å². The van der Waals surface area contributed by atoms with Gasteiger partial charge in [-0.25, -0.2) is 0 Å². The predicted octanol–water partition coefficient (Wildman–Crippen LogP) is 2.11. The van der Waals surface area contributed by atoms with E-state index in [2.05, 4.69) is 19.1 Å². The molecule has 10 heavy (non-hydrogen) atoms. The summed E-state index contributed by atoms with van der Waals surface area (Å²) < 4.78 is 2.67. The Morgan fingerprint density at radius 2 is 2.10 bits per heavy atom. The first kappa shape index (κ1) is 8.40. The van der Waals surface area contributed by atoms with Crippen molar-refractivity contribution in [2.45, 2.75) is 11.4 Å². The molecule has 0 aliphatic rings. The monoisotopic (exact) mass is 270 g/mol. The first-order chi connectivity index (χ1) is 4.84. The van der Waals surface area contributed by atoms with Gasteiger partial charge in [0.1, 0.15) is 0 Å². The van der Waals surface area contributed by atoms with Crippen LogP contribution in [0.3, 0.4) is 0 Å². The molecular weight excluding hydrogens is 259 g/mol. The molecule has 0 spiro atoms. The third-order valence-electron chi connectivity index (χ3n) is 1.14. The van der Waals surface area contributed by atoms with Gasteiger partial charge >= 0.3 is 76.8 Å². The predicted molar refractivity (Wildman–Crippen MR) is 47.3 cm³/mol. The fourth-order valence-electron chi connectivity index (χ4n) is 0.717. The normalized spacial score (nSPS) is 9.80. The van der Waals surface area contributed by atoms with Crippen LogP contribution in [0.4, 0.5) is 0 Å². The molecule has 1 aromatic rings. The number of hydrogen-bond donors (Lipinski definition) is 0. The molecule has 0 fully saturated rings. The van der Waals surface area contributed by atoms with Crippen LogP contribution >= 0.6 is 11.6 Å². The van der Waals surface area contributed by atoms with Gasteiger partial charge in [-0.05, 0) is 0 Å². The Kier molecular flexibility index (Phi) is 3.56. The zero-order chi connectivity index (χ0) is 7.40. The van der Waals surface area contributed by atoms with Crippen molar-refractivity contribution in [2.24, 2.45) is 0 Å². The van der Waals surface area contributed by atoms with Crippen LogP contribution in [0.15, 0.2) is 24.3 Å². The first-order valence-corrected chi connectivity index (χ1v) is 6.41. The van der Waals surface area contributed by atoms with Crippen LogP contribution in [0.1, 0.15) is 6.92 Å². The number of benzene rings is 1. The Balaban J connectivity index is 2.81. The van der Waals surface area contributed by atoms with Crippen LogP contribution in [-0.2, 0) is 0 Å². The summed E-state index contributed by atoms with van der Waals surface area (Å²) in [4.78, 5) is 0. The van der Waals surface area contributed by atoms with E-state index < -0.39 is 0 Å². The summed E-state index contributed by atoms with van der Waals surface area (Å²) in [6.45, 7) is 2.21. The van der Waals surface area contributed by atoms with Crippen LogP contribution in [0.2, 0.25) is 9.49 Å². The zero-order valence-corrected chi connectivity index (χ0v) is 8.89. The van der Waals surface area contributed by atoms with Crippen LogP contribution in [-0.4, -0.2) is 20.9 Å². The molecule has 2 heteroatoms. The molecule has 0 unspecified atom stereocenters. The van der Waals surface area contributed by atoms with Gasteiger partial charge in [-0.1, -0.05) is 0 Å². The summed E-state index contributed by atoms with van der Waals surface area (Å²) in [7, 11) is 0. The van der Waals surface area contributed by atoms with Crippen molar-refractivity contribution in [3.63, 3.8) is 0 Å². The van der Waals surface area contributed by atoms with Gasteiger partial charge in [0.2, 0.25) is 0 Å². The maximum absolute atomic E-state index is 5.94. The molecule has 54 valence electrons. The molecule has 0 heterocycles. The quantitative estimate of drug-likeness (QED) is 0.721. The van der Waals surface area contributed by atoms with Gasteiger partial charge < -0.3 is 0 Å². The van der Waals surface area contributed by atoms with Gasteiger partial charge in [-0.2, -0.15) is 0 Å². The van der Waals surface area contributed by atoms with Crippen molar-refractivity contribution in [1.82, 2.24) is 0 Å². The molecular formula is C8H9ClTe. The second kappa shape index (κ2) is 4.23. The third-order valence-corrected chi connectivity index (χ3v) is 4.55. The van der Waals surface area contributed by atoms with E-state index in [9.17, 15) is 0 Å². The Hall–Kier alpha value is 0.300. The van der Waals surface area contributed by atoms with E-state index in [-0.39, 0.29) is 20.9 Å². The van der Waals surface area contributed by atoms with E-state index in [1.54, 1.807) is 0 Å². The van der Waals surface area contributed by atoms with Crippen LogP contribution in [0.5, 0.6) is 0 Å². The van der Waals surface area contributed by atoms with E-state index in [0.29, 0.717) is 0 Å². The van der Waals surface area contributed by atoms with Crippen molar-refractivity contribution in [3.8, 4) is 0 Å². The van der Waals surface area contributed by atoms with Crippen molar-refractivity contribution in [1.29, 1.82) is 0 Å². The molecule has 0 nitrogen and oxygen atoms in total. The van der Waals surface area contributed by atoms with E-state index in [1.807, 2.05) is 12.1 Å². The molecule has 1 rings (SSSR count). The van der Waals surface area contributed by atoms with Crippen molar-refractivity contribution >= 4 is 36.1 Å². The minimum absolute atomic E-state index is 0.0114. The van der Waals surface area contributed by atoms with Crippen LogP contribution < -0.4 is 3.61 Å². The SMILES string of the molecule is CC[Te]c1ccccc1Cl. The van der Waals surface area contributed by atoms with E-state index >= 15 is 0 Å². The van der Waals surface area contributed by atoms with Gasteiger partial charge in [0.05, 0.1) is 0 Å². The fraction of sp³-hybridized carbons (Fsp3) is 0.250. The van der Waals surface area contributed by atoms with Gasteiger partial charge in [0.25, 0.3) is 0 Å². The van der Waals surface area contributed by atoms with E-state index in [1.165, 1.54) is 8.08 Å². The molecule has 0 aliphatic carbocycles. The molecule has 0 bridgehead atoms. The topological polar surface area (TPSA) is 0 Å². The van der Waals surface area contributed by atoms with Gasteiger partial charge in [-0.15, -0.1) is 0 Å². The molecule has 0 radical (unpaired) electrons. The third kappa shape index (κ3) is 2.16. The summed E-state index contributed by atoms with van der Waals surface area (Å²) in [6, 6.07) is 8.14. The Labute approximate surface area is 76.7 Å². The molecule has 0 saturated heterocycles. The molecule has 0 atom stereocenters. The molecule has 0 aliphatic heterocycles. The van der Waals surface area contributed by atoms with E-state index in [0.717, 1.165) is 5.02 Å². The van der Waals surface area contributed by atoms with Crippen LogP contribution in [0, 0.1) is 0 Å². The summed E-state index contributed by atoms with van der Waals surface area (Å²) >= 11 is 5.95. The molecule has 0 aromatic heterocycles. The van der Waals surface area contributed by atoms with Crippen LogP contribution in [0.25, 0.3) is 0 Å². The second-order valence-corrected chi connectivity index (χ2v) is 6.00. The Morgan fingerprint density at radius 3 is 2.70 bits per heavy atom. The fourth-order valence-corrected chi connectivity index (χ4v) is 3.19. The van der Waals surface area contributed by atoms with Crippen molar-refractivity contribution in [2.75, 3.05) is 0 Å². The van der Waals surface area contributed by atoms with Gasteiger partial charge in [0.15, 0.2) is 0 Å². The standard InChI is InChI=1S/C8H9ClTe/c1-2-10-8-6-4-3-5-7(8)9/h3-6H,2H2,1H3. The van der Waals surface area contributed by atoms with Gasteiger partial charge in [-0.3, -0.25) is 0 Å². The van der Waals surface area contributed by atoms with Crippen molar-refractivity contribution in [3.05, 3.63) is 29.3 Å². The summed E-state index contributed by atoms with van der Waals surface area (Å²) in [6.07, 6.45) is 0. The summed E-state index contributed by atoms with van der Waals surface area (Å²) in [5.41, 5.74) is 0. The summed E-state index contributed by atoms with van der Waals surface area (Å²) in [5, 5.41) is 0.951. The molecule has 0 saturated carbocycles. The molecule has 0 amide bonds. The maximum atomic E-state index is 5.94. The zero-order valence-electron chi connectivity index (χ0n) is 5.80. The number of rotatable bonds is 2. The number of halogens is 1. The average Bonchev–Trinajstić information content (AvgIpc) is 1.94. The van der Waals surface area contributed by atoms with E-state index in [4.69, 9.17) is 11.6 Å². The molecule has 1 aromatic carbocycles. The molecule has 0 N–H and O–H groups in total. The number of hydrogen-bond acceptors (Lipinski definition) is 0. The summed E-state index contributed by atoms with van der Waals surface area (Å²) in [5.74, 6) is 0. The second-order valence-electron chi connectivity index (χ2n) is 1.86.